The third kappa shape index (κ3) is 4.10. The van der Waals surface area contributed by atoms with Crippen LogP contribution >= 0.6 is 0 Å². The van der Waals surface area contributed by atoms with Crippen molar-refractivity contribution in [1.29, 1.82) is 0 Å². The van der Waals surface area contributed by atoms with Gasteiger partial charge in [-0.2, -0.15) is 0 Å². The fraction of sp³-hybridized carbons (Fsp3) is 0.412. The third-order valence-corrected chi connectivity index (χ3v) is 4.70. The molecule has 2 rings (SSSR count). The Kier molecular flexibility index (Phi) is 5.56. The summed E-state index contributed by atoms with van der Waals surface area (Å²) in [5.74, 6) is -0.226. The van der Waals surface area contributed by atoms with E-state index in [1.165, 1.54) is 13.2 Å². The van der Waals surface area contributed by atoms with E-state index in [4.69, 9.17) is 9.47 Å². The molecule has 0 saturated heterocycles. The Morgan fingerprint density at radius 1 is 1.25 bits per heavy atom. The second-order valence-electron chi connectivity index (χ2n) is 5.46. The maximum absolute atomic E-state index is 11.6. The Morgan fingerprint density at radius 2 is 1.92 bits per heavy atom. The van der Waals surface area contributed by atoms with Crippen molar-refractivity contribution < 1.29 is 22.7 Å². The molecule has 0 spiro atoms. The Hall–Kier alpha value is -1.99. The van der Waals surface area contributed by atoms with Crippen molar-refractivity contribution in [3.63, 3.8) is 0 Å². The molecule has 0 N–H and O–H groups in total. The molecule has 0 radical (unpaired) electrons. The molecule has 0 fully saturated rings. The molecule has 0 aliphatic carbocycles. The molecule has 1 aromatic rings. The van der Waals surface area contributed by atoms with Crippen molar-refractivity contribution in [2.24, 2.45) is 4.99 Å². The van der Waals surface area contributed by atoms with Crippen molar-refractivity contribution in [3.05, 3.63) is 47.5 Å². The van der Waals surface area contributed by atoms with Crippen molar-refractivity contribution in [1.82, 2.24) is 0 Å². The standard InChI is InChI=1S/C17H21NO5S/c1-4-23-16(19)10-7-13-5-8-14(9-6-13)17(22-2)12-11-15(18-17)24(3,20)21/h5-6,8-9,11-12H,4,7,10H2,1-3H3. The van der Waals surface area contributed by atoms with E-state index in [9.17, 15) is 13.2 Å². The summed E-state index contributed by atoms with van der Waals surface area (Å²) >= 11 is 0. The first kappa shape index (κ1) is 18.4. The number of benzene rings is 1. The van der Waals surface area contributed by atoms with Crippen LogP contribution in [0.1, 0.15) is 24.5 Å². The second-order valence-corrected chi connectivity index (χ2v) is 7.42. The van der Waals surface area contributed by atoms with E-state index in [-0.39, 0.29) is 11.0 Å². The molecule has 1 aliphatic rings. The number of carbonyl (C=O) groups excluding carboxylic acids is 1. The molecule has 1 aromatic carbocycles. The zero-order chi connectivity index (χ0) is 17.8. The lowest BCUT2D eigenvalue weighted by atomic mass is 10.0. The van der Waals surface area contributed by atoms with Crippen LogP contribution in [0.25, 0.3) is 0 Å². The van der Waals surface area contributed by atoms with Gasteiger partial charge in [-0.05, 0) is 31.1 Å². The zero-order valence-electron chi connectivity index (χ0n) is 14.0. The van der Waals surface area contributed by atoms with Crippen LogP contribution in [0.5, 0.6) is 0 Å². The van der Waals surface area contributed by atoms with Gasteiger partial charge in [-0.25, -0.2) is 13.4 Å². The summed E-state index contributed by atoms with van der Waals surface area (Å²) in [5, 5.41) is -0.00395. The van der Waals surface area contributed by atoms with Gasteiger partial charge in [0.15, 0.2) is 14.9 Å². The highest BCUT2D eigenvalue weighted by molar-refractivity contribution is 8.06. The lowest BCUT2D eigenvalue weighted by Crippen LogP contribution is -2.22. The Bertz CT molecular complexity index is 765. The number of hydrogen-bond donors (Lipinski definition) is 0. The number of methoxy groups -OCH3 is 1. The van der Waals surface area contributed by atoms with E-state index in [1.54, 1.807) is 13.0 Å². The van der Waals surface area contributed by atoms with Crippen molar-refractivity contribution in [2.75, 3.05) is 20.0 Å². The van der Waals surface area contributed by atoms with Gasteiger partial charge in [0.05, 0.1) is 6.61 Å². The number of aryl methyl sites for hydroxylation is 1. The van der Waals surface area contributed by atoms with E-state index in [1.807, 2.05) is 24.3 Å². The maximum atomic E-state index is 11.6. The maximum Gasteiger partial charge on any atom is 0.306 e. The number of nitrogens with zero attached hydrogens (tertiary/aromatic N) is 1. The predicted octanol–water partition coefficient (Wildman–Crippen LogP) is 1.99. The first-order chi connectivity index (χ1) is 11.3. The highest BCUT2D eigenvalue weighted by Crippen LogP contribution is 2.33. The molecule has 1 aliphatic heterocycles. The second kappa shape index (κ2) is 7.27. The molecule has 1 unspecified atom stereocenters. The minimum absolute atomic E-state index is 0.00395. The quantitative estimate of drug-likeness (QED) is 0.732. The molecule has 0 saturated carbocycles. The van der Waals surface area contributed by atoms with Crippen LogP contribution in [0, 0.1) is 0 Å². The zero-order valence-corrected chi connectivity index (χ0v) is 14.8. The molecular weight excluding hydrogens is 330 g/mol. The van der Waals surface area contributed by atoms with Crippen molar-refractivity contribution >= 4 is 20.9 Å². The number of esters is 1. The van der Waals surface area contributed by atoms with Crippen LogP contribution in [0.4, 0.5) is 0 Å². The average molecular weight is 351 g/mol. The van der Waals surface area contributed by atoms with Gasteiger partial charge in [-0.15, -0.1) is 0 Å². The lowest BCUT2D eigenvalue weighted by Gasteiger charge is -2.23. The van der Waals surface area contributed by atoms with Gasteiger partial charge in [0.2, 0.25) is 5.72 Å². The van der Waals surface area contributed by atoms with Gasteiger partial charge in [-0.3, -0.25) is 4.79 Å². The highest BCUT2D eigenvalue weighted by Gasteiger charge is 2.34. The van der Waals surface area contributed by atoms with Crippen LogP contribution in [-0.2, 0) is 36.3 Å². The molecule has 7 heteroatoms. The smallest absolute Gasteiger partial charge is 0.306 e. The molecule has 0 amide bonds. The molecule has 0 aromatic heterocycles. The van der Waals surface area contributed by atoms with Gasteiger partial charge in [0.1, 0.15) is 0 Å². The van der Waals surface area contributed by atoms with E-state index in [0.717, 1.165) is 17.4 Å². The van der Waals surface area contributed by atoms with E-state index in [0.29, 0.717) is 19.4 Å². The fourth-order valence-electron chi connectivity index (χ4n) is 2.41. The molecule has 1 heterocycles. The normalized spacial score (nSPS) is 20.0. The Balaban J connectivity index is 2.16. The number of ether oxygens (including phenoxy) is 2. The van der Waals surface area contributed by atoms with E-state index < -0.39 is 15.6 Å². The minimum atomic E-state index is -3.39. The van der Waals surface area contributed by atoms with E-state index in [2.05, 4.69) is 4.99 Å². The van der Waals surface area contributed by atoms with Gasteiger partial charge < -0.3 is 9.47 Å². The summed E-state index contributed by atoms with van der Waals surface area (Å²) < 4.78 is 33.7. The van der Waals surface area contributed by atoms with Crippen LogP contribution < -0.4 is 0 Å². The lowest BCUT2D eigenvalue weighted by molar-refractivity contribution is -0.143. The fourth-order valence-corrected chi connectivity index (χ4v) is 3.03. The topological polar surface area (TPSA) is 82.0 Å². The number of sulfone groups is 1. The summed E-state index contributed by atoms with van der Waals surface area (Å²) in [6.07, 6.45) is 5.08. The third-order valence-electron chi connectivity index (χ3n) is 3.71. The Labute approximate surface area is 142 Å². The average Bonchev–Trinajstić information content (AvgIpc) is 3.00. The molecule has 0 bridgehead atoms. The summed E-state index contributed by atoms with van der Waals surface area (Å²) in [7, 11) is -1.91. The number of carbonyl (C=O) groups is 1. The summed E-state index contributed by atoms with van der Waals surface area (Å²) in [6.45, 7) is 2.15. The molecule has 24 heavy (non-hydrogen) atoms. The van der Waals surface area contributed by atoms with Crippen LogP contribution in [0.3, 0.4) is 0 Å². The first-order valence-electron chi connectivity index (χ1n) is 7.60. The van der Waals surface area contributed by atoms with Crippen molar-refractivity contribution in [2.45, 2.75) is 25.5 Å². The molecule has 1 atom stereocenters. The van der Waals surface area contributed by atoms with E-state index >= 15 is 0 Å². The monoisotopic (exact) mass is 351 g/mol. The summed E-state index contributed by atoms with van der Waals surface area (Å²) in [5.41, 5.74) is 0.574. The largest absolute Gasteiger partial charge is 0.466 e. The summed E-state index contributed by atoms with van der Waals surface area (Å²) in [6, 6.07) is 7.39. The summed E-state index contributed by atoms with van der Waals surface area (Å²) in [4.78, 5) is 15.6. The number of aliphatic imine (C=N–C) groups is 1. The van der Waals surface area contributed by atoms with Crippen LogP contribution in [-0.4, -0.2) is 39.4 Å². The molecule has 130 valence electrons. The van der Waals surface area contributed by atoms with Gasteiger partial charge in [0, 0.05) is 25.3 Å². The van der Waals surface area contributed by atoms with Gasteiger partial charge >= 0.3 is 5.97 Å². The SMILES string of the molecule is CCOC(=O)CCc1ccc(C2(OC)C=CC(S(C)(=O)=O)=N2)cc1. The van der Waals surface area contributed by atoms with Crippen LogP contribution in [0.15, 0.2) is 41.4 Å². The number of hydrogen-bond acceptors (Lipinski definition) is 6. The molecular formula is C17H21NO5S. The molecule has 6 nitrogen and oxygen atoms in total. The Morgan fingerprint density at radius 3 is 2.42 bits per heavy atom. The number of rotatable bonds is 6. The minimum Gasteiger partial charge on any atom is -0.466 e. The highest BCUT2D eigenvalue weighted by atomic mass is 32.2. The predicted molar refractivity (Wildman–Crippen MR) is 91.5 cm³/mol. The van der Waals surface area contributed by atoms with Gasteiger partial charge in [0.25, 0.3) is 0 Å². The van der Waals surface area contributed by atoms with Crippen LogP contribution in [0.2, 0.25) is 0 Å². The van der Waals surface area contributed by atoms with Gasteiger partial charge in [-0.1, -0.05) is 24.3 Å². The first-order valence-corrected chi connectivity index (χ1v) is 9.49. The van der Waals surface area contributed by atoms with Crippen molar-refractivity contribution in [3.8, 4) is 0 Å².